The van der Waals surface area contributed by atoms with Crippen molar-refractivity contribution in [3.63, 3.8) is 0 Å². The van der Waals surface area contributed by atoms with E-state index >= 15 is 0 Å². The summed E-state index contributed by atoms with van der Waals surface area (Å²) >= 11 is 0. The second-order valence-corrected chi connectivity index (χ2v) is 4.88. The highest BCUT2D eigenvalue weighted by atomic mass is 32.3. The normalized spacial score (nSPS) is 10.7. The van der Waals surface area contributed by atoms with Gasteiger partial charge in [0.05, 0.1) is 7.11 Å². The van der Waals surface area contributed by atoms with E-state index in [2.05, 4.69) is 47.1 Å². The summed E-state index contributed by atoms with van der Waals surface area (Å²) in [4.78, 5) is 0. The molecule has 0 amide bonds. The van der Waals surface area contributed by atoms with Crippen LogP contribution in [-0.4, -0.2) is 20.1 Å². The Morgan fingerprint density at radius 1 is 1.28 bits per heavy atom. The van der Waals surface area contributed by atoms with Crippen LogP contribution in [0.5, 0.6) is 0 Å². The predicted octanol–water partition coefficient (Wildman–Crippen LogP) is 1.43. The standard InChI is InChI=1S/C11H18N.CH4O4S/c1-3-5-8-12-9-6-11(4-2)7-10-12;1-5-6(2,3)4/h6-7,9-10H,3-5,8H2,1-2H3;1H3,(H,2,3,4)/q+1;/p-1. The monoisotopic (exact) mass is 275 g/mol. The molecule has 0 unspecified atom stereocenters. The summed E-state index contributed by atoms with van der Waals surface area (Å²) in [5.41, 5.74) is 1.42. The number of hydrogen-bond donors (Lipinski definition) is 0. The van der Waals surface area contributed by atoms with Gasteiger partial charge in [-0.15, -0.1) is 0 Å². The molecule has 1 heterocycles. The number of aromatic nitrogens is 1. The van der Waals surface area contributed by atoms with Crippen LogP contribution in [0.15, 0.2) is 24.5 Å². The summed E-state index contributed by atoms with van der Waals surface area (Å²) in [6.07, 6.45) is 8.02. The van der Waals surface area contributed by atoms with Gasteiger partial charge in [-0.1, -0.05) is 20.3 Å². The largest absolute Gasteiger partial charge is 0.726 e. The first kappa shape index (κ1) is 17.0. The first-order chi connectivity index (χ1) is 8.42. The fourth-order valence-corrected chi connectivity index (χ4v) is 1.21. The van der Waals surface area contributed by atoms with Crippen LogP contribution in [0, 0.1) is 0 Å². The van der Waals surface area contributed by atoms with Gasteiger partial charge >= 0.3 is 0 Å². The first-order valence-electron chi connectivity index (χ1n) is 5.92. The van der Waals surface area contributed by atoms with E-state index in [1.165, 1.54) is 18.4 Å². The Bertz CT molecular complexity index is 414. The lowest BCUT2D eigenvalue weighted by Crippen LogP contribution is -2.32. The Kier molecular flexibility index (Phi) is 8.53. The molecule has 0 aliphatic rings. The van der Waals surface area contributed by atoms with E-state index in [1.807, 2.05) is 0 Å². The highest BCUT2D eigenvalue weighted by molar-refractivity contribution is 7.80. The van der Waals surface area contributed by atoms with E-state index in [9.17, 15) is 13.0 Å². The molecule has 1 aromatic heterocycles. The summed E-state index contributed by atoms with van der Waals surface area (Å²) < 4.78 is 33.3. The summed E-state index contributed by atoms with van der Waals surface area (Å²) in [7, 11) is -3.60. The molecule has 0 radical (unpaired) electrons. The molecule has 104 valence electrons. The van der Waals surface area contributed by atoms with E-state index in [4.69, 9.17) is 0 Å². The maximum absolute atomic E-state index is 9.22. The summed E-state index contributed by atoms with van der Waals surface area (Å²) in [5, 5.41) is 0. The number of rotatable bonds is 5. The van der Waals surface area contributed by atoms with Gasteiger partial charge in [-0.2, -0.15) is 0 Å². The molecule has 0 aliphatic heterocycles. The van der Waals surface area contributed by atoms with Crippen LogP contribution >= 0.6 is 0 Å². The smallest absolute Gasteiger partial charge is 0.217 e. The summed E-state index contributed by atoms with van der Waals surface area (Å²) in [6.45, 7) is 5.56. The lowest BCUT2D eigenvalue weighted by molar-refractivity contribution is -0.697. The van der Waals surface area contributed by atoms with Crippen molar-refractivity contribution in [3.8, 4) is 0 Å². The first-order valence-corrected chi connectivity index (χ1v) is 7.25. The predicted molar refractivity (Wildman–Crippen MR) is 67.6 cm³/mol. The van der Waals surface area contributed by atoms with Crippen LogP contribution in [0.1, 0.15) is 32.3 Å². The van der Waals surface area contributed by atoms with E-state index in [0.717, 1.165) is 20.1 Å². The van der Waals surface area contributed by atoms with E-state index in [1.54, 1.807) is 0 Å². The number of nitrogens with zero attached hydrogens (tertiary/aromatic N) is 1. The molecule has 5 nitrogen and oxygen atoms in total. The molecular weight excluding hydrogens is 254 g/mol. The molecule has 1 aromatic rings. The molecule has 0 spiro atoms. The Morgan fingerprint density at radius 2 is 1.78 bits per heavy atom. The van der Waals surface area contributed by atoms with Gasteiger partial charge < -0.3 is 4.55 Å². The molecule has 1 rings (SSSR count). The van der Waals surface area contributed by atoms with Crippen LogP contribution in [0.2, 0.25) is 0 Å². The number of aryl methyl sites for hydroxylation is 2. The highest BCUT2D eigenvalue weighted by Crippen LogP contribution is 1.95. The van der Waals surface area contributed by atoms with Crippen molar-refractivity contribution in [2.45, 2.75) is 39.7 Å². The average Bonchev–Trinajstić information content (AvgIpc) is 2.37. The zero-order valence-electron chi connectivity index (χ0n) is 11.1. The minimum Gasteiger partial charge on any atom is -0.726 e. The third kappa shape index (κ3) is 9.09. The van der Waals surface area contributed by atoms with Crippen molar-refractivity contribution in [2.24, 2.45) is 0 Å². The number of unbranched alkanes of at least 4 members (excludes halogenated alkanes) is 1. The van der Waals surface area contributed by atoms with Crippen molar-refractivity contribution >= 4 is 10.4 Å². The molecule has 0 fully saturated rings. The molecule has 0 N–H and O–H groups in total. The van der Waals surface area contributed by atoms with Crippen LogP contribution in [0.25, 0.3) is 0 Å². The SMILES string of the molecule is CCCC[n+]1ccc(CC)cc1.COS(=O)(=O)[O-]. The number of pyridine rings is 1. The zero-order chi connectivity index (χ0) is 14.0. The van der Waals surface area contributed by atoms with Gasteiger partial charge in [-0.25, -0.2) is 13.0 Å². The fraction of sp³-hybridized carbons (Fsp3) is 0.583. The van der Waals surface area contributed by atoms with Crippen molar-refractivity contribution in [3.05, 3.63) is 30.1 Å². The van der Waals surface area contributed by atoms with Gasteiger partial charge in [0, 0.05) is 18.6 Å². The Morgan fingerprint density at radius 3 is 2.11 bits per heavy atom. The molecule has 0 saturated heterocycles. The molecule has 0 aliphatic carbocycles. The minimum atomic E-state index is -4.41. The highest BCUT2D eigenvalue weighted by Gasteiger charge is 1.97. The zero-order valence-corrected chi connectivity index (χ0v) is 11.9. The quantitative estimate of drug-likeness (QED) is 0.463. The van der Waals surface area contributed by atoms with Crippen molar-refractivity contribution < 1.29 is 21.7 Å². The van der Waals surface area contributed by atoms with Gasteiger partial charge in [0.25, 0.3) is 0 Å². The van der Waals surface area contributed by atoms with Gasteiger partial charge in [-0.05, 0) is 12.0 Å². The number of hydrogen-bond acceptors (Lipinski definition) is 4. The molecule has 0 aromatic carbocycles. The topological polar surface area (TPSA) is 70.3 Å². The third-order valence-electron chi connectivity index (χ3n) is 2.34. The molecule has 0 bridgehead atoms. The molecule has 6 heteroatoms. The van der Waals surface area contributed by atoms with Crippen molar-refractivity contribution in [1.29, 1.82) is 0 Å². The summed E-state index contributed by atoms with van der Waals surface area (Å²) in [6, 6.07) is 4.41. The van der Waals surface area contributed by atoms with Crippen LogP contribution in [-0.2, 0) is 27.5 Å². The van der Waals surface area contributed by atoms with Crippen LogP contribution in [0.4, 0.5) is 0 Å². The Balaban J connectivity index is 0.000000411. The Hall–Kier alpha value is -0.980. The second kappa shape index (κ2) is 9.02. The van der Waals surface area contributed by atoms with Crippen molar-refractivity contribution in [2.75, 3.05) is 7.11 Å². The maximum Gasteiger partial charge on any atom is 0.217 e. The lowest BCUT2D eigenvalue weighted by atomic mass is 10.2. The van der Waals surface area contributed by atoms with E-state index < -0.39 is 10.4 Å². The molecule has 0 saturated carbocycles. The van der Waals surface area contributed by atoms with E-state index in [0.29, 0.717) is 0 Å². The average molecular weight is 275 g/mol. The lowest BCUT2D eigenvalue weighted by Gasteiger charge is -1.98. The van der Waals surface area contributed by atoms with Gasteiger partial charge in [0.2, 0.25) is 10.4 Å². The van der Waals surface area contributed by atoms with Gasteiger partial charge in [-0.3, -0.25) is 4.18 Å². The third-order valence-corrected chi connectivity index (χ3v) is 2.75. The van der Waals surface area contributed by atoms with Gasteiger partial charge in [0.1, 0.15) is 6.54 Å². The van der Waals surface area contributed by atoms with Crippen LogP contribution in [0.3, 0.4) is 0 Å². The Labute approximate surface area is 109 Å². The molecule has 0 atom stereocenters. The van der Waals surface area contributed by atoms with Gasteiger partial charge in [0.15, 0.2) is 12.4 Å². The van der Waals surface area contributed by atoms with Crippen molar-refractivity contribution in [1.82, 2.24) is 0 Å². The van der Waals surface area contributed by atoms with Crippen LogP contribution < -0.4 is 4.57 Å². The minimum absolute atomic E-state index is 0.808. The fourth-order valence-electron chi connectivity index (χ4n) is 1.21. The second-order valence-electron chi connectivity index (χ2n) is 3.73. The maximum atomic E-state index is 9.22. The van der Waals surface area contributed by atoms with E-state index in [-0.39, 0.29) is 0 Å². The summed E-state index contributed by atoms with van der Waals surface area (Å²) in [5.74, 6) is 0. The molecular formula is C12H21NO4S. The molecule has 18 heavy (non-hydrogen) atoms.